The van der Waals surface area contributed by atoms with E-state index in [1.54, 1.807) is 14.2 Å². The number of nitrogens with one attached hydrogen (secondary N) is 2. The van der Waals surface area contributed by atoms with Crippen LogP contribution in [0.1, 0.15) is 39.2 Å². The number of nitrogens with zero attached hydrogens (tertiary/aromatic N) is 2. The molecule has 0 saturated carbocycles. The van der Waals surface area contributed by atoms with Crippen molar-refractivity contribution in [1.82, 2.24) is 15.5 Å². The third-order valence-electron chi connectivity index (χ3n) is 5.45. The van der Waals surface area contributed by atoms with Crippen LogP contribution in [0.5, 0.6) is 11.5 Å². The Bertz CT molecular complexity index is 727. The molecule has 0 unspecified atom stereocenters. The predicted molar refractivity (Wildman–Crippen MR) is 120 cm³/mol. The number of rotatable bonds is 9. The van der Waals surface area contributed by atoms with Crippen molar-refractivity contribution in [3.8, 4) is 11.5 Å². The second-order valence-corrected chi connectivity index (χ2v) is 8.31. The minimum Gasteiger partial charge on any atom is -0.493 e. The van der Waals surface area contributed by atoms with Gasteiger partial charge in [0.2, 0.25) is 5.91 Å². The second kappa shape index (κ2) is 11.1. The van der Waals surface area contributed by atoms with Crippen LogP contribution in [0.25, 0.3) is 0 Å². The highest BCUT2D eigenvalue weighted by Gasteiger charge is 2.24. The third kappa shape index (κ3) is 6.79. The van der Waals surface area contributed by atoms with E-state index in [9.17, 15) is 4.79 Å². The first kappa shape index (κ1) is 23.8. The zero-order valence-corrected chi connectivity index (χ0v) is 19.0. The summed E-state index contributed by atoms with van der Waals surface area (Å²) in [7, 11) is 3.29. The zero-order valence-electron chi connectivity index (χ0n) is 19.0. The lowest BCUT2D eigenvalue weighted by Crippen LogP contribution is -2.50. The quantitative estimate of drug-likeness (QED) is 0.414. The molecule has 0 radical (unpaired) electrons. The fraction of sp³-hybridized carbons (Fsp3) is 0.636. The molecule has 30 heavy (non-hydrogen) atoms. The Labute approximate surface area is 180 Å². The van der Waals surface area contributed by atoms with Gasteiger partial charge in [-0.3, -0.25) is 14.7 Å². The van der Waals surface area contributed by atoms with Crippen LogP contribution in [-0.2, 0) is 10.2 Å². The van der Waals surface area contributed by atoms with Gasteiger partial charge in [0.25, 0.3) is 0 Å². The number of ether oxygens (including phenoxy) is 2. The Balaban J connectivity index is 2.02. The van der Waals surface area contributed by atoms with E-state index in [4.69, 9.17) is 20.2 Å². The number of piperidine rings is 1. The summed E-state index contributed by atoms with van der Waals surface area (Å²) < 4.78 is 10.8. The molecule has 1 aromatic carbocycles. The second-order valence-electron chi connectivity index (χ2n) is 8.31. The van der Waals surface area contributed by atoms with Gasteiger partial charge in [0.05, 0.1) is 27.3 Å². The molecule has 8 heteroatoms. The highest BCUT2D eigenvalue weighted by molar-refractivity contribution is 5.80. The molecule has 1 aliphatic rings. The number of nitrogens with two attached hydrogens (primary N) is 1. The van der Waals surface area contributed by atoms with Gasteiger partial charge in [-0.1, -0.05) is 19.9 Å². The number of hydrogen-bond donors (Lipinski definition) is 3. The van der Waals surface area contributed by atoms with Crippen LogP contribution in [0.3, 0.4) is 0 Å². The number of hydrogen-bond acceptors (Lipinski definition) is 5. The number of guanidine groups is 1. The average molecular weight is 420 g/mol. The van der Waals surface area contributed by atoms with Crippen molar-refractivity contribution in [3.05, 3.63) is 23.8 Å². The molecule has 1 aromatic rings. The first-order valence-electron chi connectivity index (χ1n) is 10.6. The maximum absolute atomic E-state index is 11.1. The van der Waals surface area contributed by atoms with E-state index in [0.717, 1.165) is 55.5 Å². The molecule has 1 fully saturated rings. The zero-order chi connectivity index (χ0) is 22.1. The predicted octanol–water partition coefficient (Wildman–Crippen LogP) is 1.49. The number of primary amides is 1. The van der Waals surface area contributed by atoms with Crippen LogP contribution in [0.2, 0.25) is 0 Å². The molecule has 168 valence electrons. The Hall–Kier alpha value is -2.48. The summed E-state index contributed by atoms with van der Waals surface area (Å²) >= 11 is 0. The molecule has 0 aromatic heterocycles. The Morgan fingerprint density at radius 1 is 1.23 bits per heavy atom. The Morgan fingerprint density at radius 2 is 1.90 bits per heavy atom. The van der Waals surface area contributed by atoms with Gasteiger partial charge in [0.15, 0.2) is 17.5 Å². The van der Waals surface area contributed by atoms with Crippen molar-refractivity contribution in [3.63, 3.8) is 0 Å². The van der Waals surface area contributed by atoms with E-state index in [1.165, 1.54) is 0 Å². The highest BCUT2D eigenvalue weighted by Crippen LogP contribution is 2.33. The number of methoxy groups -OCH3 is 2. The molecule has 1 heterocycles. The van der Waals surface area contributed by atoms with Gasteiger partial charge in [-0.25, -0.2) is 0 Å². The molecule has 0 spiro atoms. The van der Waals surface area contributed by atoms with E-state index in [0.29, 0.717) is 19.1 Å². The minimum atomic E-state index is -0.270. The molecular formula is C22H37N5O3. The molecule has 0 atom stereocenters. The molecule has 8 nitrogen and oxygen atoms in total. The summed E-state index contributed by atoms with van der Waals surface area (Å²) in [6.07, 6.45) is 1.91. The van der Waals surface area contributed by atoms with Crippen LogP contribution < -0.4 is 25.8 Å². The van der Waals surface area contributed by atoms with Crippen molar-refractivity contribution in [2.24, 2.45) is 10.7 Å². The molecule has 1 aliphatic heterocycles. The van der Waals surface area contributed by atoms with Gasteiger partial charge in [-0.15, -0.1) is 0 Å². The van der Waals surface area contributed by atoms with Gasteiger partial charge in [-0.2, -0.15) is 0 Å². The SMILES string of the molecule is CCNC(=NCC(C)(C)c1ccc(OC)c(OC)c1)NC1CCN(CC(N)=O)CC1. The maximum atomic E-state index is 11.1. The summed E-state index contributed by atoms with van der Waals surface area (Å²) in [5.74, 6) is 1.99. The topological polar surface area (TPSA) is 101 Å². The van der Waals surface area contributed by atoms with Crippen LogP contribution >= 0.6 is 0 Å². The third-order valence-corrected chi connectivity index (χ3v) is 5.45. The molecule has 4 N–H and O–H groups in total. The van der Waals surface area contributed by atoms with Crippen LogP contribution in [0, 0.1) is 0 Å². The summed E-state index contributed by atoms with van der Waals surface area (Å²) in [4.78, 5) is 18.1. The summed E-state index contributed by atoms with van der Waals surface area (Å²) in [5, 5.41) is 6.89. The van der Waals surface area contributed by atoms with Gasteiger partial charge in [0.1, 0.15) is 0 Å². The van der Waals surface area contributed by atoms with E-state index >= 15 is 0 Å². The number of aliphatic imine (C=N–C) groups is 1. The molecule has 0 bridgehead atoms. The Morgan fingerprint density at radius 3 is 2.47 bits per heavy atom. The van der Waals surface area contributed by atoms with Crippen molar-refractivity contribution >= 4 is 11.9 Å². The minimum absolute atomic E-state index is 0.174. The maximum Gasteiger partial charge on any atom is 0.231 e. The van der Waals surface area contributed by atoms with Crippen molar-refractivity contribution in [1.29, 1.82) is 0 Å². The first-order valence-corrected chi connectivity index (χ1v) is 10.6. The normalized spacial score (nSPS) is 16.2. The van der Waals surface area contributed by atoms with Crippen molar-refractivity contribution in [2.75, 3.05) is 46.9 Å². The van der Waals surface area contributed by atoms with Crippen molar-refractivity contribution in [2.45, 2.75) is 45.1 Å². The monoisotopic (exact) mass is 419 g/mol. The smallest absolute Gasteiger partial charge is 0.231 e. The van der Waals surface area contributed by atoms with Gasteiger partial charge < -0.3 is 25.8 Å². The average Bonchev–Trinajstić information content (AvgIpc) is 2.72. The fourth-order valence-corrected chi connectivity index (χ4v) is 3.59. The van der Waals surface area contributed by atoms with Gasteiger partial charge in [-0.05, 0) is 37.5 Å². The van der Waals surface area contributed by atoms with Crippen molar-refractivity contribution < 1.29 is 14.3 Å². The van der Waals surface area contributed by atoms with E-state index in [1.807, 2.05) is 12.1 Å². The van der Waals surface area contributed by atoms with E-state index in [2.05, 4.69) is 42.4 Å². The van der Waals surface area contributed by atoms with Crippen LogP contribution in [0.15, 0.2) is 23.2 Å². The van der Waals surface area contributed by atoms with Gasteiger partial charge in [0, 0.05) is 31.1 Å². The first-order chi connectivity index (χ1) is 14.3. The molecule has 0 aliphatic carbocycles. The van der Waals surface area contributed by atoms with Crippen LogP contribution in [-0.4, -0.2) is 69.8 Å². The lowest BCUT2D eigenvalue weighted by Gasteiger charge is -2.32. The summed E-state index contributed by atoms with van der Waals surface area (Å²) in [6, 6.07) is 6.34. The number of carbonyl (C=O) groups is 1. The lowest BCUT2D eigenvalue weighted by atomic mass is 9.84. The molecule has 1 amide bonds. The molecule has 2 rings (SSSR count). The van der Waals surface area contributed by atoms with E-state index in [-0.39, 0.29) is 11.3 Å². The number of carbonyl (C=O) groups excluding carboxylic acids is 1. The standard InChI is InChI=1S/C22H37N5O3/c1-6-24-21(26-17-9-11-27(12-10-17)14-20(23)28)25-15-22(2,3)16-7-8-18(29-4)19(13-16)30-5/h7-8,13,17H,6,9-12,14-15H2,1-5H3,(H2,23,28)(H2,24,25,26). The number of amides is 1. The molecule has 1 saturated heterocycles. The lowest BCUT2D eigenvalue weighted by molar-refractivity contribution is -0.119. The summed E-state index contributed by atoms with van der Waals surface area (Å²) in [5.41, 5.74) is 6.27. The largest absolute Gasteiger partial charge is 0.493 e. The van der Waals surface area contributed by atoms with E-state index < -0.39 is 0 Å². The van der Waals surface area contributed by atoms with Crippen LogP contribution in [0.4, 0.5) is 0 Å². The number of likely N-dealkylation sites (tertiary alicyclic amines) is 1. The summed E-state index contributed by atoms with van der Waals surface area (Å²) in [6.45, 7) is 9.87. The highest BCUT2D eigenvalue weighted by atomic mass is 16.5. The Kier molecular flexibility index (Phi) is 8.77. The molecular weight excluding hydrogens is 382 g/mol. The fourth-order valence-electron chi connectivity index (χ4n) is 3.59. The number of benzene rings is 1. The van der Waals surface area contributed by atoms with Gasteiger partial charge >= 0.3 is 0 Å².